The largest absolute Gasteiger partial charge is 0.497 e. The van der Waals surface area contributed by atoms with E-state index in [-0.39, 0.29) is 18.1 Å². The van der Waals surface area contributed by atoms with Gasteiger partial charge in [0.05, 0.1) is 7.11 Å². The van der Waals surface area contributed by atoms with Gasteiger partial charge in [-0.3, -0.25) is 9.59 Å². The lowest BCUT2D eigenvalue weighted by molar-refractivity contribution is -0.177. The zero-order valence-electron chi connectivity index (χ0n) is 18.0. The summed E-state index contributed by atoms with van der Waals surface area (Å²) in [4.78, 5) is 26.2. The van der Waals surface area contributed by atoms with Crippen LogP contribution in [0.4, 0.5) is 0 Å². The molecule has 1 saturated carbocycles. The highest BCUT2D eigenvalue weighted by Crippen LogP contribution is 2.45. The third kappa shape index (κ3) is 4.61. The minimum atomic E-state index is -0.910. The molecule has 0 spiro atoms. The van der Waals surface area contributed by atoms with E-state index >= 15 is 0 Å². The van der Waals surface area contributed by atoms with Crippen molar-refractivity contribution in [2.24, 2.45) is 5.92 Å². The van der Waals surface area contributed by atoms with Gasteiger partial charge in [-0.05, 0) is 66.6 Å². The Morgan fingerprint density at radius 1 is 1.23 bits per heavy atom. The summed E-state index contributed by atoms with van der Waals surface area (Å²) in [6.07, 6.45) is 5.86. The van der Waals surface area contributed by atoms with Crippen molar-refractivity contribution >= 4 is 23.5 Å². The summed E-state index contributed by atoms with van der Waals surface area (Å²) in [5.41, 5.74) is 0.415. The smallest absolute Gasteiger partial charge is 0.327 e. The molecule has 1 aromatic heterocycles. The van der Waals surface area contributed by atoms with Crippen molar-refractivity contribution in [1.29, 1.82) is 0 Å². The van der Waals surface area contributed by atoms with Gasteiger partial charge in [0.25, 0.3) is 0 Å². The maximum atomic E-state index is 13.2. The minimum Gasteiger partial charge on any atom is -0.497 e. The van der Waals surface area contributed by atoms with Crippen molar-refractivity contribution < 1.29 is 19.1 Å². The van der Waals surface area contributed by atoms with Gasteiger partial charge in [0.2, 0.25) is 5.16 Å². The van der Waals surface area contributed by atoms with Crippen LogP contribution in [0.3, 0.4) is 0 Å². The molecule has 1 aliphatic carbocycles. The van der Waals surface area contributed by atoms with Crippen molar-refractivity contribution in [2.45, 2.75) is 74.4 Å². The van der Waals surface area contributed by atoms with Gasteiger partial charge in [0, 0.05) is 13.0 Å². The molecule has 2 aromatic rings. The van der Waals surface area contributed by atoms with E-state index in [9.17, 15) is 9.59 Å². The number of aryl methyl sites for hydroxylation is 2. The molecule has 1 saturated heterocycles. The fraction of sp³-hybridized carbons (Fsp3) is 0.591. The molecule has 0 radical (unpaired) electrons. The number of nitrogens with zero attached hydrogens (tertiary/aromatic N) is 4. The molecule has 4 rings (SSSR count). The van der Waals surface area contributed by atoms with Crippen molar-refractivity contribution in [2.75, 3.05) is 7.11 Å². The SMILES string of the molecule is CCn1nnnc1SC1C(=O)CC(CCc2ccc(OC)cc2)(C2CCCC2)OC1=O. The number of thioether (sulfide) groups is 1. The third-order valence-electron chi connectivity index (χ3n) is 6.40. The first-order valence-electron chi connectivity index (χ1n) is 10.9. The number of benzene rings is 1. The molecule has 0 amide bonds. The fourth-order valence-electron chi connectivity index (χ4n) is 4.68. The van der Waals surface area contributed by atoms with Crippen molar-refractivity contribution in [3.05, 3.63) is 29.8 Å². The predicted molar refractivity (Wildman–Crippen MR) is 115 cm³/mol. The number of carbonyl (C=O) groups is 2. The molecule has 31 heavy (non-hydrogen) atoms. The third-order valence-corrected chi connectivity index (χ3v) is 7.60. The molecular weight excluding hydrogens is 416 g/mol. The standard InChI is InChI=1S/C22H28N4O4S/c1-3-26-21(23-24-25-26)31-19-18(27)14-22(30-20(19)28,16-6-4-5-7-16)13-12-15-8-10-17(29-2)11-9-15/h8-11,16,19H,3-7,12-14H2,1-2H3. The number of Topliss-reactive ketones (excluding diaryl/α,β-unsaturated/α-hetero) is 1. The number of ketones is 1. The van der Waals surface area contributed by atoms with Gasteiger partial charge < -0.3 is 9.47 Å². The summed E-state index contributed by atoms with van der Waals surface area (Å²) in [6, 6.07) is 7.91. The zero-order chi connectivity index (χ0) is 21.8. The van der Waals surface area contributed by atoms with Crippen LogP contribution in [0.5, 0.6) is 5.75 Å². The molecule has 166 valence electrons. The lowest BCUT2D eigenvalue weighted by Gasteiger charge is -2.42. The number of tetrazole rings is 1. The second kappa shape index (κ2) is 9.38. The average molecular weight is 445 g/mol. The van der Waals surface area contributed by atoms with E-state index in [4.69, 9.17) is 9.47 Å². The molecule has 8 nitrogen and oxygen atoms in total. The Hall–Kier alpha value is -2.42. The number of aromatic nitrogens is 4. The number of hydrogen-bond acceptors (Lipinski definition) is 8. The Kier molecular flexibility index (Phi) is 6.60. The van der Waals surface area contributed by atoms with Crippen LogP contribution in [-0.2, 0) is 27.3 Å². The van der Waals surface area contributed by atoms with E-state index in [0.29, 0.717) is 18.1 Å². The molecule has 2 heterocycles. The van der Waals surface area contributed by atoms with E-state index in [0.717, 1.165) is 55.2 Å². The highest BCUT2D eigenvalue weighted by molar-refractivity contribution is 8.01. The Morgan fingerprint density at radius 3 is 2.61 bits per heavy atom. The molecule has 2 fully saturated rings. The number of esters is 1. The normalized spacial score (nSPS) is 24.4. The summed E-state index contributed by atoms with van der Waals surface area (Å²) in [7, 11) is 1.64. The average Bonchev–Trinajstić information content (AvgIpc) is 3.47. The quantitative estimate of drug-likeness (QED) is 0.452. The van der Waals surface area contributed by atoms with Crippen molar-refractivity contribution in [3.63, 3.8) is 0 Å². The highest BCUT2D eigenvalue weighted by atomic mass is 32.2. The topological polar surface area (TPSA) is 96.2 Å². The van der Waals surface area contributed by atoms with Crippen LogP contribution >= 0.6 is 11.8 Å². The minimum absolute atomic E-state index is 0.0893. The molecule has 1 aliphatic heterocycles. The van der Waals surface area contributed by atoms with Crippen molar-refractivity contribution in [3.8, 4) is 5.75 Å². The summed E-state index contributed by atoms with van der Waals surface area (Å²) in [5.74, 6) is 0.482. The van der Waals surface area contributed by atoms with Gasteiger partial charge in [-0.2, -0.15) is 0 Å². The Bertz CT molecular complexity index is 906. The molecule has 0 N–H and O–H groups in total. The Balaban J connectivity index is 1.51. The van der Waals surface area contributed by atoms with Gasteiger partial charge >= 0.3 is 5.97 Å². The van der Waals surface area contributed by atoms with Crippen LogP contribution < -0.4 is 4.74 Å². The van der Waals surface area contributed by atoms with E-state index in [1.165, 1.54) is 0 Å². The molecule has 0 bridgehead atoms. The monoisotopic (exact) mass is 444 g/mol. The molecule has 9 heteroatoms. The number of hydrogen-bond donors (Lipinski definition) is 0. The van der Waals surface area contributed by atoms with Crippen molar-refractivity contribution in [1.82, 2.24) is 20.2 Å². The van der Waals surface area contributed by atoms with Crippen LogP contribution in [0.2, 0.25) is 0 Å². The first-order chi connectivity index (χ1) is 15.0. The van der Waals surface area contributed by atoms with Gasteiger partial charge in [-0.1, -0.05) is 36.7 Å². The number of rotatable bonds is 8. The molecular formula is C22H28N4O4S. The Morgan fingerprint density at radius 2 is 1.97 bits per heavy atom. The maximum Gasteiger partial charge on any atom is 0.327 e. The van der Waals surface area contributed by atoms with Crippen LogP contribution in [0.25, 0.3) is 0 Å². The first-order valence-corrected chi connectivity index (χ1v) is 11.7. The van der Waals surface area contributed by atoms with Gasteiger partial charge in [-0.25, -0.2) is 4.68 Å². The number of methoxy groups -OCH3 is 1. The van der Waals surface area contributed by atoms with E-state index in [1.807, 2.05) is 31.2 Å². The van der Waals surface area contributed by atoms with Crippen LogP contribution in [0.15, 0.2) is 29.4 Å². The van der Waals surface area contributed by atoms with Crippen LogP contribution in [0.1, 0.15) is 51.0 Å². The highest BCUT2D eigenvalue weighted by Gasteiger charge is 2.52. The van der Waals surface area contributed by atoms with Crippen LogP contribution in [0, 0.1) is 5.92 Å². The summed E-state index contributed by atoms with van der Waals surface area (Å²) in [5, 5.41) is 11.0. The first kappa shape index (κ1) is 21.8. The Labute approximate surface area is 186 Å². The molecule has 2 atom stereocenters. The summed E-state index contributed by atoms with van der Waals surface area (Å²) >= 11 is 1.09. The molecule has 1 aromatic carbocycles. The van der Waals surface area contributed by atoms with Gasteiger partial charge in [0.1, 0.15) is 11.4 Å². The number of carbonyl (C=O) groups excluding carboxylic acids is 2. The predicted octanol–water partition coefficient (Wildman–Crippen LogP) is 3.24. The second-order valence-electron chi connectivity index (χ2n) is 8.23. The number of ether oxygens (including phenoxy) is 2. The maximum absolute atomic E-state index is 13.2. The van der Waals surface area contributed by atoms with Gasteiger partial charge in [0.15, 0.2) is 11.0 Å². The number of cyclic esters (lactones) is 1. The fourth-order valence-corrected chi connectivity index (χ4v) is 5.62. The molecule has 2 unspecified atom stereocenters. The van der Waals surface area contributed by atoms with Crippen LogP contribution in [-0.4, -0.2) is 49.9 Å². The molecule has 2 aliphatic rings. The second-order valence-corrected chi connectivity index (χ2v) is 9.31. The zero-order valence-corrected chi connectivity index (χ0v) is 18.8. The summed E-state index contributed by atoms with van der Waals surface area (Å²) < 4.78 is 13.0. The van der Waals surface area contributed by atoms with Gasteiger partial charge in [-0.15, -0.1) is 5.10 Å². The van der Waals surface area contributed by atoms with E-state index < -0.39 is 16.8 Å². The summed E-state index contributed by atoms with van der Waals surface area (Å²) in [6.45, 7) is 2.48. The van der Waals surface area contributed by atoms with E-state index in [1.54, 1.807) is 11.8 Å². The van der Waals surface area contributed by atoms with E-state index in [2.05, 4.69) is 15.5 Å². The lowest BCUT2D eigenvalue weighted by atomic mass is 9.76. The lowest BCUT2D eigenvalue weighted by Crippen LogP contribution is -2.53.